The van der Waals surface area contributed by atoms with Crippen molar-refractivity contribution in [1.82, 2.24) is 39.8 Å². The van der Waals surface area contributed by atoms with Crippen molar-refractivity contribution in [3.63, 3.8) is 0 Å². The first-order valence-corrected chi connectivity index (χ1v) is 27.7. The van der Waals surface area contributed by atoms with Crippen molar-refractivity contribution in [3.05, 3.63) is 165 Å². The Morgan fingerprint density at radius 2 is 1.07 bits per heavy atom. The van der Waals surface area contributed by atoms with Crippen molar-refractivity contribution in [3.8, 4) is 58.6 Å². The topological polar surface area (TPSA) is 225 Å². The van der Waals surface area contributed by atoms with Crippen molar-refractivity contribution in [2.75, 3.05) is 36.0 Å². The van der Waals surface area contributed by atoms with Crippen molar-refractivity contribution in [2.24, 2.45) is 11.5 Å². The molecule has 0 unspecified atom stereocenters. The summed E-state index contributed by atoms with van der Waals surface area (Å²) in [5.41, 5.74) is 18.2. The van der Waals surface area contributed by atoms with Gasteiger partial charge >= 0.3 is 0 Å². The lowest BCUT2D eigenvalue weighted by Gasteiger charge is -2.40. The Balaban J connectivity index is 0.000000199. The Bertz CT molecular complexity index is 3920. The first-order valence-electron chi connectivity index (χ1n) is 26.9. The maximum Gasteiger partial charge on any atom is 0.252 e. The number of nitrogens with zero attached hydrogens (tertiary/aromatic N) is 10. The summed E-state index contributed by atoms with van der Waals surface area (Å²) in [7, 11) is 0. The minimum Gasteiger partial charge on any atom is -0.356 e. The molecule has 6 N–H and O–H groups in total. The van der Waals surface area contributed by atoms with Gasteiger partial charge in [0.25, 0.3) is 11.8 Å². The molecule has 2 aromatic carbocycles. The van der Waals surface area contributed by atoms with E-state index >= 15 is 0 Å². The van der Waals surface area contributed by atoms with Crippen molar-refractivity contribution in [1.29, 1.82) is 10.5 Å². The van der Waals surface area contributed by atoms with Crippen LogP contribution in [0.4, 0.5) is 20.4 Å². The number of carbonyl (C=O) groups is 2. The lowest BCUT2D eigenvalue weighted by Crippen LogP contribution is -2.53. The second kappa shape index (κ2) is 24.6. The van der Waals surface area contributed by atoms with E-state index in [1.165, 1.54) is 24.3 Å². The third kappa shape index (κ3) is 14.7. The van der Waals surface area contributed by atoms with Crippen LogP contribution in [0.25, 0.3) is 33.3 Å². The van der Waals surface area contributed by atoms with E-state index in [2.05, 4.69) is 76.5 Å². The highest BCUT2D eigenvalue weighted by Gasteiger charge is 2.34. The normalized spacial score (nSPS) is 14.5. The fraction of sp³-hybridized carbons (Fsp3) is 0.312. The molecule has 16 nitrogen and oxygen atoms in total. The number of amides is 2. The average molecular weight is 1180 g/mol. The standard InChI is InChI=1S/C32H32FN7O.C27H24BrFN6O.C5H9N/c1-21-5-7-25(33)16-26(21)30(41)38-32(4)11-13-39(14-12-32)28-8-6-23(18-36-28)27-15-22(9-10-31(2,3)35)20-40-29(27)24(17-34)19-37-40;1-17-3-5-21(29)12-22(17)26(36)33-27(2)7-9-34(10-8-27)24-6-4-18(14-31-24)23-11-20(28)16-35-25(23)19(13-30)15-32-35;1-4-5(2,3)6/h5-8,15-16,18-20H,11-14,35H2,1-4H3,(H,38,41);3-6,11-12,14-16H,7-10H2,1-2H3,(H,33,36);1H,6H2,2-3H3. The molecule has 2 aliphatic heterocycles. The first kappa shape index (κ1) is 60.1. The number of nitrogens with one attached hydrogen (secondary N) is 2. The highest BCUT2D eigenvalue weighted by molar-refractivity contribution is 9.10. The molecule has 0 bridgehead atoms. The summed E-state index contributed by atoms with van der Waals surface area (Å²) in [6, 6.07) is 24.8. The molecule has 0 spiro atoms. The number of nitriles is 2. The largest absolute Gasteiger partial charge is 0.356 e. The first-order chi connectivity index (χ1) is 39.3. The number of benzene rings is 2. The van der Waals surface area contributed by atoms with Crippen LogP contribution in [-0.2, 0) is 0 Å². The number of fused-ring (bicyclic) bond motifs is 2. The van der Waals surface area contributed by atoms with Crippen LogP contribution in [0.15, 0.2) is 114 Å². The van der Waals surface area contributed by atoms with Gasteiger partial charge in [-0.25, -0.2) is 27.8 Å². The number of terminal acetylenes is 1. The minimum atomic E-state index is -0.647. The van der Waals surface area contributed by atoms with E-state index in [1.807, 2.05) is 83.4 Å². The Labute approximate surface area is 491 Å². The Morgan fingerprint density at radius 1 is 0.651 bits per heavy atom. The second-order valence-electron chi connectivity index (χ2n) is 22.7. The van der Waals surface area contributed by atoms with Gasteiger partial charge in [-0.3, -0.25) is 9.59 Å². The molecule has 8 heterocycles. The van der Waals surface area contributed by atoms with Crippen LogP contribution in [0.3, 0.4) is 0 Å². The van der Waals surface area contributed by atoms with Gasteiger partial charge in [0.1, 0.15) is 35.4 Å². The predicted molar refractivity (Wildman–Crippen MR) is 323 cm³/mol. The van der Waals surface area contributed by atoms with Crippen molar-refractivity contribution in [2.45, 2.75) is 103 Å². The monoisotopic (exact) mass is 1180 g/mol. The van der Waals surface area contributed by atoms with Gasteiger partial charge in [0, 0.05) is 105 Å². The molecule has 10 rings (SSSR count). The van der Waals surface area contributed by atoms with Gasteiger partial charge in [0.15, 0.2) is 0 Å². The zero-order valence-electron chi connectivity index (χ0n) is 47.7. The molecule has 19 heteroatoms. The van der Waals surface area contributed by atoms with Crippen LogP contribution in [0.2, 0.25) is 0 Å². The van der Waals surface area contributed by atoms with E-state index in [0.717, 1.165) is 99.3 Å². The van der Waals surface area contributed by atoms with Gasteiger partial charge in [-0.2, -0.15) is 20.7 Å². The molecule has 0 aliphatic carbocycles. The highest BCUT2D eigenvalue weighted by atomic mass is 79.9. The molecule has 0 atom stereocenters. The number of pyridine rings is 4. The molecule has 2 fully saturated rings. The third-order valence-corrected chi connectivity index (χ3v) is 15.0. The van der Waals surface area contributed by atoms with E-state index in [1.54, 1.807) is 66.7 Å². The van der Waals surface area contributed by atoms with E-state index < -0.39 is 28.3 Å². The molecule has 6 aromatic heterocycles. The zero-order valence-corrected chi connectivity index (χ0v) is 49.3. The summed E-state index contributed by atoms with van der Waals surface area (Å²) < 4.78 is 31.6. The number of piperidine rings is 2. The second-order valence-corrected chi connectivity index (χ2v) is 23.6. The molecule has 424 valence electrons. The SMILES string of the molecule is C#CC(C)(C)N.Cc1ccc(F)cc1C(=O)NC1(C)CCN(c2ccc(-c3cc(Br)cn4ncc(C#N)c34)cn2)CC1.Cc1ccc(F)cc1C(=O)NC1(C)CCN(c2ccc(-c3cc(C#CC(C)(C)N)cn4ncc(C#N)c34)cn2)CC1. The zero-order chi connectivity index (χ0) is 60.0. The number of anilines is 2. The number of hydrogen-bond acceptors (Lipinski definition) is 12. The number of rotatable bonds is 8. The minimum absolute atomic E-state index is 0.248. The number of aryl methyl sites for hydroxylation is 2. The molecule has 0 radical (unpaired) electrons. The number of hydrogen-bond donors (Lipinski definition) is 4. The average Bonchev–Trinajstić information content (AvgIpc) is 4.32. The summed E-state index contributed by atoms with van der Waals surface area (Å²) in [6.07, 6.45) is 18.2. The highest BCUT2D eigenvalue weighted by Crippen LogP contribution is 2.34. The quantitative estimate of drug-likeness (QED) is 0.104. The van der Waals surface area contributed by atoms with E-state index in [-0.39, 0.29) is 17.4 Å². The van der Waals surface area contributed by atoms with Gasteiger partial charge in [-0.05, 0) is 169 Å². The number of aromatic nitrogens is 6. The van der Waals surface area contributed by atoms with Gasteiger partial charge < -0.3 is 31.9 Å². The molecule has 2 aliphatic rings. The molecule has 2 saturated heterocycles. The molecular formula is C64H65BrF2N14O2. The van der Waals surface area contributed by atoms with E-state index in [0.29, 0.717) is 40.9 Å². The number of nitrogens with two attached hydrogens (primary N) is 2. The van der Waals surface area contributed by atoms with Crippen molar-refractivity contribution >= 4 is 50.4 Å². The smallest absolute Gasteiger partial charge is 0.252 e. The van der Waals surface area contributed by atoms with E-state index in [9.17, 15) is 28.9 Å². The van der Waals surface area contributed by atoms with Crippen LogP contribution in [0, 0.1) is 72.3 Å². The fourth-order valence-electron chi connectivity index (χ4n) is 9.65. The Kier molecular flexibility index (Phi) is 17.8. The van der Waals surface area contributed by atoms with Crippen LogP contribution in [0.5, 0.6) is 0 Å². The fourth-order valence-corrected chi connectivity index (χ4v) is 10.1. The summed E-state index contributed by atoms with van der Waals surface area (Å²) in [6.45, 7) is 17.8. The molecule has 2 amide bonds. The molecular weight excluding hydrogens is 1110 g/mol. The molecule has 83 heavy (non-hydrogen) atoms. The van der Waals surface area contributed by atoms with Gasteiger partial charge in [0.05, 0.1) is 45.6 Å². The van der Waals surface area contributed by atoms with Crippen LogP contribution in [0.1, 0.15) is 116 Å². The Hall–Kier alpha value is -8.98. The maximum absolute atomic E-state index is 13.7. The molecule has 0 saturated carbocycles. The summed E-state index contributed by atoms with van der Waals surface area (Å²) in [4.78, 5) is 39.6. The summed E-state index contributed by atoms with van der Waals surface area (Å²) in [5, 5.41) is 34.0. The van der Waals surface area contributed by atoms with Gasteiger partial charge in [-0.15, -0.1) is 6.42 Å². The molecule has 8 aromatic rings. The maximum atomic E-state index is 13.7. The third-order valence-electron chi connectivity index (χ3n) is 14.6. The van der Waals surface area contributed by atoms with Crippen LogP contribution in [-0.4, -0.2) is 89.3 Å². The lowest BCUT2D eigenvalue weighted by molar-refractivity contribution is 0.0881. The predicted octanol–water partition coefficient (Wildman–Crippen LogP) is 10.2. The van der Waals surface area contributed by atoms with E-state index in [4.69, 9.17) is 27.9 Å². The van der Waals surface area contributed by atoms with Crippen LogP contribution >= 0.6 is 15.9 Å². The summed E-state index contributed by atoms with van der Waals surface area (Å²) in [5.74, 6) is 8.88. The summed E-state index contributed by atoms with van der Waals surface area (Å²) >= 11 is 3.52. The number of carbonyl (C=O) groups excluding carboxylic acids is 2. The van der Waals surface area contributed by atoms with Gasteiger partial charge in [-0.1, -0.05) is 29.9 Å². The lowest BCUT2D eigenvalue weighted by atomic mass is 9.89. The van der Waals surface area contributed by atoms with Crippen molar-refractivity contribution < 1.29 is 18.4 Å². The Morgan fingerprint density at radius 3 is 1.46 bits per heavy atom. The van der Waals surface area contributed by atoms with Gasteiger partial charge in [0.2, 0.25) is 0 Å². The number of halogens is 3. The van der Waals surface area contributed by atoms with Crippen LogP contribution < -0.4 is 31.9 Å².